The van der Waals surface area contributed by atoms with Crippen LogP contribution in [0, 0.1) is 4.77 Å². The average molecular weight is 396 g/mol. The summed E-state index contributed by atoms with van der Waals surface area (Å²) in [6.45, 7) is 9.42. The Morgan fingerprint density at radius 2 is 2.00 bits per heavy atom. The second kappa shape index (κ2) is 8.45. The van der Waals surface area contributed by atoms with Crippen LogP contribution in [-0.4, -0.2) is 45.5 Å². The molecule has 7 nitrogen and oxygen atoms in total. The molecule has 0 amide bonds. The molecule has 0 spiro atoms. The summed E-state index contributed by atoms with van der Waals surface area (Å²) in [6, 6.07) is 8.18. The maximum atomic E-state index is 5.71. The predicted molar refractivity (Wildman–Crippen MR) is 110 cm³/mol. The van der Waals surface area contributed by atoms with Crippen molar-refractivity contribution in [3.63, 3.8) is 0 Å². The summed E-state index contributed by atoms with van der Waals surface area (Å²) in [5, 5.41) is 4.82. The van der Waals surface area contributed by atoms with Gasteiger partial charge in [-0.3, -0.25) is 9.55 Å². The summed E-state index contributed by atoms with van der Waals surface area (Å²) >= 11 is 5.71. The highest BCUT2D eigenvalue weighted by atomic mass is 32.1. The summed E-state index contributed by atoms with van der Waals surface area (Å²) < 4.78 is 4.70. The SMILES string of the molecule is C=CCn1c(-c2cccnc2)nn(C[NH+]2CCN(c3cc[nH+]cc3)CC2)c1=S. The number of nitrogens with one attached hydrogen (secondary N) is 2. The van der Waals surface area contributed by atoms with E-state index in [1.54, 1.807) is 6.20 Å². The largest absolute Gasteiger partial charge is 0.360 e. The summed E-state index contributed by atoms with van der Waals surface area (Å²) in [7, 11) is 0. The first-order valence-electron chi connectivity index (χ1n) is 9.50. The van der Waals surface area contributed by atoms with E-state index >= 15 is 0 Å². The van der Waals surface area contributed by atoms with E-state index in [0.29, 0.717) is 6.54 Å². The van der Waals surface area contributed by atoms with Gasteiger partial charge in [0, 0.05) is 42.3 Å². The molecule has 1 fully saturated rings. The Morgan fingerprint density at radius 1 is 1.21 bits per heavy atom. The standard InChI is InChI=1S/C20H23N7S/c1-2-10-26-19(17-4-3-7-22-15-17)23-27(20(26)28)16-24-11-13-25(14-12-24)18-5-8-21-9-6-18/h2-9,15H,1,10-14,16H2/p+2. The van der Waals surface area contributed by atoms with E-state index in [0.717, 1.165) is 49.0 Å². The Hall–Kier alpha value is -2.84. The van der Waals surface area contributed by atoms with Crippen LogP contribution >= 0.6 is 12.2 Å². The van der Waals surface area contributed by atoms with E-state index < -0.39 is 0 Å². The summed E-state index contributed by atoms with van der Waals surface area (Å²) in [6.07, 6.45) is 9.39. The Bertz CT molecular complexity index is 973. The molecular formula is C20H25N7S+2. The molecule has 0 radical (unpaired) electrons. The molecule has 0 aromatic carbocycles. The molecule has 1 aliphatic heterocycles. The number of hydrogen-bond donors (Lipinski definition) is 1. The number of nitrogens with zero attached hydrogens (tertiary/aromatic N) is 5. The van der Waals surface area contributed by atoms with Crippen molar-refractivity contribution in [2.24, 2.45) is 0 Å². The van der Waals surface area contributed by atoms with E-state index in [9.17, 15) is 0 Å². The molecule has 0 bridgehead atoms. The maximum absolute atomic E-state index is 5.71. The number of anilines is 1. The fourth-order valence-electron chi connectivity index (χ4n) is 3.59. The first-order valence-corrected chi connectivity index (χ1v) is 9.90. The molecular weight excluding hydrogens is 370 g/mol. The topological polar surface area (TPSA) is 57.5 Å². The summed E-state index contributed by atoms with van der Waals surface area (Å²) in [5.74, 6) is 0.844. The number of H-pyrrole nitrogens is 1. The van der Waals surface area contributed by atoms with Crippen LogP contribution in [0.15, 0.2) is 61.7 Å². The van der Waals surface area contributed by atoms with Crippen molar-refractivity contribution in [1.82, 2.24) is 19.3 Å². The Morgan fingerprint density at radius 3 is 2.68 bits per heavy atom. The van der Waals surface area contributed by atoms with Gasteiger partial charge >= 0.3 is 0 Å². The lowest BCUT2D eigenvalue weighted by atomic mass is 10.3. The number of pyridine rings is 2. The molecule has 4 rings (SSSR count). The number of rotatable bonds is 6. The van der Waals surface area contributed by atoms with Crippen LogP contribution in [0.25, 0.3) is 11.4 Å². The number of hydrogen-bond acceptors (Lipinski definition) is 4. The molecule has 8 heteroatoms. The fourth-order valence-corrected chi connectivity index (χ4v) is 3.85. The van der Waals surface area contributed by atoms with Gasteiger partial charge in [-0.2, -0.15) is 4.68 Å². The van der Waals surface area contributed by atoms with Crippen LogP contribution in [0.4, 0.5) is 5.69 Å². The van der Waals surface area contributed by atoms with E-state index in [1.807, 2.05) is 46.0 Å². The highest BCUT2D eigenvalue weighted by Gasteiger charge is 2.22. The third kappa shape index (κ3) is 3.88. The van der Waals surface area contributed by atoms with Gasteiger partial charge in [0.2, 0.25) is 4.77 Å². The van der Waals surface area contributed by atoms with Gasteiger partial charge in [-0.05, 0) is 24.4 Å². The van der Waals surface area contributed by atoms with Gasteiger partial charge in [-0.1, -0.05) is 6.08 Å². The lowest BCUT2D eigenvalue weighted by Crippen LogP contribution is -3.14. The predicted octanol–water partition coefficient (Wildman–Crippen LogP) is 0.839. The van der Waals surface area contributed by atoms with Crippen molar-refractivity contribution in [3.05, 3.63) is 66.5 Å². The minimum absolute atomic E-state index is 0.636. The number of piperazine rings is 1. The molecule has 0 saturated carbocycles. The number of allylic oxidation sites excluding steroid dienone is 1. The van der Waals surface area contributed by atoms with E-state index in [1.165, 1.54) is 10.6 Å². The molecule has 0 atom stereocenters. The van der Waals surface area contributed by atoms with Crippen molar-refractivity contribution >= 4 is 17.9 Å². The highest BCUT2D eigenvalue weighted by Crippen LogP contribution is 2.17. The van der Waals surface area contributed by atoms with Gasteiger partial charge < -0.3 is 9.80 Å². The van der Waals surface area contributed by atoms with Gasteiger partial charge in [0.15, 0.2) is 24.9 Å². The highest BCUT2D eigenvalue weighted by molar-refractivity contribution is 7.71. The Balaban J connectivity index is 1.50. The Kier molecular flexibility index (Phi) is 5.59. The average Bonchev–Trinajstić information content (AvgIpc) is 3.06. The minimum atomic E-state index is 0.636. The van der Waals surface area contributed by atoms with Gasteiger partial charge in [0.1, 0.15) is 0 Å². The molecule has 3 aromatic rings. The lowest BCUT2D eigenvalue weighted by molar-refractivity contribution is -0.924. The fraction of sp³-hybridized carbons (Fsp3) is 0.300. The zero-order valence-corrected chi connectivity index (χ0v) is 16.6. The quantitative estimate of drug-likeness (QED) is 0.496. The van der Waals surface area contributed by atoms with Crippen LogP contribution in [-0.2, 0) is 13.2 Å². The third-order valence-corrected chi connectivity index (χ3v) is 5.50. The first kappa shape index (κ1) is 18.5. The minimum Gasteiger partial charge on any atom is -0.360 e. The zero-order valence-electron chi connectivity index (χ0n) is 15.8. The molecule has 2 N–H and O–H groups in total. The zero-order chi connectivity index (χ0) is 19.3. The van der Waals surface area contributed by atoms with Crippen LogP contribution in [0.5, 0.6) is 0 Å². The smallest absolute Gasteiger partial charge is 0.203 e. The summed E-state index contributed by atoms with van der Waals surface area (Å²) in [4.78, 5) is 11.2. The lowest BCUT2D eigenvalue weighted by Gasteiger charge is -2.33. The Labute approximate surface area is 169 Å². The summed E-state index contributed by atoms with van der Waals surface area (Å²) in [5.41, 5.74) is 2.23. The maximum Gasteiger partial charge on any atom is 0.203 e. The van der Waals surface area contributed by atoms with E-state index in [2.05, 4.69) is 33.6 Å². The van der Waals surface area contributed by atoms with Gasteiger partial charge in [0.25, 0.3) is 0 Å². The van der Waals surface area contributed by atoms with Crippen LogP contribution in [0.1, 0.15) is 0 Å². The second-order valence-electron chi connectivity index (χ2n) is 6.90. The van der Waals surface area contributed by atoms with E-state index in [4.69, 9.17) is 17.3 Å². The van der Waals surface area contributed by atoms with Gasteiger partial charge in [-0.15, -0.1) is 11.7 Å². The number of aromatic nitrogens is 5. The van der Waals surface area contributed by atoms with Crippen molar-refractivity contribution in [2.75, 3.05) is 31.1 Å². The van der Waals surface area contributed by atoms with E-state index in [-0.39, 0.29) is 0 Å². The molecule has 0 aliphatic carbocycles. The number of aromatic amines is 1. The molecule has 28 heavy (non-hydrogen) atoms. The normalized spacial score (nSPS) is 14.9. The van der Waals surface area contributed by atoms with Crippen LogP contribution in [0.3, 0.4) is 0 Å². The van der Waals surface area contributed by atoms with Gasteiger partial charge in [-0.25, -0.2) is 4.98 Å². The third-order valence-electron chi connectivity index (χ3n) is 5.06. The van der Waals surface area contributed by atoms with Crippen LogP contribution in [0.2, 0.25) is 0 Å². The molecule has 0 unspecified atom stereocenters. The van der Waals surface area contributed by atoms with Crippen molar-refractivity contribution in [1.29, 1.82) is 0 Å². The second-order valence-corrected chi connectivity index (χ2v) is 7.27. The molecule has 4 heterocycles. The molecule has 144 valence electrons. The van der Waals surface area contributed by atoms with Crippen molar-refractivity contribution in [2.45, 2.75) is 13.2 Å². The van der Waals surface area contributed by atoms with Crippen LogP contribution < -0.4 is 14.8 Å². The monoisotopic (exact) mass is 395 g/mol. The molecule has 3 aromatic heterocycles. The molecule has 1 aliphatic rings. The van der Waals surface area contributed by atoms with Gasteiger partial charge in [0.05, 0.1) is 26.2 Å². The van der Waals surface area contributed by atoms with Crippen molar-refractivity contribution in [3.8, 4) is 11.4 Å². The molecule has 1 saturated heterocycles. The van der Waals surface area contributed by atoms with Crippen molar-refractivity contribution < 1.29 is 9.88 Å². The first-order chi connectivity index (χ1) is 13.8. The number of quaternary nitrogens is 1.